The van der Waals surface area contributed by atoms with E-state index in [1.165, 1.54) is 24.7 Å². The van der Waals surface area contributed by atoms with E-state index < -0.39 is 27.2 Å². The summed E-state index contributed by atoms with van der Waals surface area (Å²) in [6.45, 7) is 7.38. The number of anilines is 2. The summed E-state index contributed by atoms with van der Waals surface area (Å²) >= 11 is 0. The highest BCUT2D eigenvalue weighted by Gasteiger charge is 2.27. The van der Waals surface area contributed by atoms with Crippen molar-refractivity contribution >= 4 is 27.4 Å². The normalized spacial score (nSPS) is 11.7. The minimum atomic E-state index is -3.80. The second-order valence-corrected chi connectivity index (χ2v) is 9.87. The molecule has 11 heteroatoms. The quantitative estimate of drug-likeness (QED) is 0.605. The summed E-state index contributed by atoms with van der Waals surface area (Å²) in [6, 6.07) is 2.88. The lowest BCUT2D eigenvalue weighted by molar-refractivity contribution is 0.0987. The second-order valence-electron chi connectivity index (χ2n) is 7.75. The lowest BCUT2D eigenvalue weighted by atomic mass is 10.0. The third-order valence-electron chi connectivity index (χ3n) is 5.41. The summed E-state index contributed by atoms with van der Waals surface area (Å²) in [5.41, 5.74) is 5.85. The van der Waals surface area contributed by atoms with Crippen LogP contribution in [0.1, 0.15) is 48.2 Å². The van der Waals surface area contributed by atoms with Gasteiger partial charge in [0.1, 0.15) is 5.82 Å². The molecule has 0 atom stereocenters. The van der Waals surface area contributed by atoms with Crippen LogP contribution in [0.25, 0.3) is 0 Å². The summed E-state index contributed by atoms with van der Waals surface area (Å²) in [6.07, 6.45) is 1.47. The predicted molar refractivity (Wildman–Crippen MR) is 125 cm³/mol. The Morgan fingerprint density at radius 3 is 2.31 bits per heavy atom. The van der Waals surface area contributed by atoms with Crippen LogP contribution in [0.2, 0.25) is 0 Å². The maximum absolute atomic E-state index is 13.4. The second kappa shape index (κ2) is 9.70. The van der Waals surface area contributed by atoms with Crippen LogP contribution >= 0.6 is 0 Å². The molecule has 32 heavy (non-hydrogen) atoms. The van der Waals surface area contributed by atoms with E-state index in [2.05, 4.69) is 4.98 Å². The topological polar surface area (TPSA) is 139 Å². The van der Waals surface area contributed by atoms with Crippen LogP contribution in [-0.2, 0) is 16.6 Å². The van der Waals surface area contributed by atoms with Gasteiger partial charge in [0.25, 0.3) is 11.5 Å². The Bertz CT molecular complexity index is 1240. The number of hydrogen-bond acceptors (Lipinski definition) is 6. The van der Waals surface area contributed by atoms with Crippen LogP contribution in [0.15, 0.2) is 26.6 Å². The number of aryl methyl sites for hydroxylation is 1. The molecule has 0 aliphatic carbocycles. The van der Waals surface area contributed by atoms with Gasteiger partial charge in [-0.15, -0.1) is 0 Å². The molecule has 0 radical (unpaired) electrons. The van der Waals surface area contributed by atoms with Crippen LogP contribution in [0.4, 0.5) is 11.5 Å². The van der Waals surface area contributed by atoms with Gasteiger partial charge in [0.05, 0.1) is 4.90 Å². The summed E-state index contributed by atoms with van der Waals surface area (Å²) in [7, 11) is -0.971. The first-order chi connectivity index (χ1) is 14.9. The van der Waals surface area contributed by atoms with E-state index in [4.69, 9.17) is 5.73 Å². The molecule has 2 aromatic rings. The van der Waals surface area contributed by atoms with Gasteiger partial charge in [-0.1, -0.05) is 13.3 Å². The first-order valence-corrected chi connectivity index (χ1v) is 11.8. The lowest BCUT2D eigenvalue weighted by Crippen LogP contribution is -2.41. The highest BCUT2D eigenvalue weighted by molar-refractivity contribution is 7.89. The first-order valence-electron chi connectivity index (χ1n) is 10.4. The van der Waals surface area contributed by atoms with Gasteiger partial charge in [-0.2, -0.15) is 0 Å². The third-order valence-corrected chi connectivity index (χ3v) is 7.35. The molecule has 0 fully saturated rings. The number of nitrogen functional groups attached to an aromatic ring is 1. The Balaban J connectivity index is 2.69. The number of unbranched alkanes of at least 4 members (excludes halogenated alkanes) is 1. The van der Waals surface area contributed by atoms with E-state index in [0.29, 0.717) is 24.1 Å². The fourth-order valence-electron chi connectivity index (χ4n) is 3.35. The van der Waals surface area contributed by atoms with Crippen molar-refractivity contribution in [3.8, 4) is 0 Å². The summed E-state index contributed by atoms with van der Waals surface area (Å²) < 4.78 is 27.8. The fraction of sp³-hybridized carbons (Fsp3) is 0.476. The van der Waals surface area contributed by atoms with E-state index in [9.17, 15) is 22.8 Å². The smallest absolute Gasteiger partial charge is 0.330 e. The number of hydrogen-bond donors (Lipinski definition) is 2. The molecular weight excluding hydrogens is 434 g/mol. The number of aromatic amines is 1. The summed E-state index contributed by atoms with van der Waals surface area (Å²) in [5.74, 6) is -0.698. The van der Waals surface area contributed by atoms with Crippen molar-refractivity contribution in [3.05, 3.63) is 49.7 Å². The molecule has 2 rings (SSSR count). The van der Waals surface area contributed by atoms with Crippen LogP contribution < -0.4 is 21.9 Å². The molecule has 3 N–H and O–H groups in total. The fourth-order valence-corrected chi connectivity index (χ4v) is 4.57. The van der Waals surface area contributed by atoms with Crippen molar-refractivity contribution in [1.82, 2.24) is 13.9 Å². The maximum atomic E-state index is 13.4. The maximum Gasteiger partial charge on any atom is 0.330 e. The highest BCUT2D eigenvalue weighted by Crippen LogP contribution is 2.26. The average molecular weight is 466 g/mol. The monoisotopic (exact) mass is 465 g/mol. The van der Waals surface area contributed by atoms with Crippen molar-refractivity contribution in [2.24, 2.45) is 0 Å². The Kier molecular flexibility index (Phi) is 7.68. The number of rotatable bonds is 8. The van der Waals surface area contributed by atoms with Crippen LogP contribution in [0.5, 0.6) is 0 Å². The molecular formula is C21H31N5O5S. The van der Waals surface area contributed by atoms with Crippen molar-refractivity contribution in [3.63, 3.8) is 0 Å². The Hall–Kier alpha value is -2.92. The van der Waals surface area contributed by atoms with E-state index in [1.54, 1.807) is 26.8 Å². The zero-order valence-corrected chi connectivity index (χ0v) is 20.2. The van der Waals surface area contributed by atoms with Gasteiger partial charge in [0, 0.05) is 32.7 Å². The van der Waals surface area contributed by atoms with Crippen LogP contribution in [0, 0.1) is 13.8 Å². The molecule has 0 bridgehead atoms. The van der Waals surface area contributed by atoms with Crippen molar-refractivity contribution in [2.75, 3.05) is 31.3 Å². The number of nitrogens with zero attached hydrogens (tertiary/aromatic N) is 3. The predicted octanol–water partition coefficient (Wildman–Crippen LogP) is 1.45. The molecule has 0 unspecified atom stereocenters. The SMILES string of the molecule is CCCCn1c(N)c(N(CC)C(=O)c2cc(C)c(C)c(S(=O)(=O)N(C)C)c2)c(=O)[nH]c1=O. The van der Waals surface area contributed by atoms with E-state index in [1.807, 2.05) is 6.92 Å². The van der Waals surface area contributed by atoms with Gasteiger partial charge in [-0.25, -0.2) is 17.5 Å². The number of carbonyl (C=O) groups is 1. The zero-order chi connectivity index (χ0) is 24.4. The van der Waals surface area contributed by atoms with Crippen molar-refractivity contribution < 1.29 is 13.2 Å². The zero-order valence-electron chi connectivity index (χ0n) is 19.4. The number of carbonyl (C=O) groups excluding carboxylic acids is 1. The van der Waals surface area contributed by atoms with Crippen molar-refractivity contribution in [2.45, 2.75) is 52.0 Å². The minimum Gasteiger partial charge on any atom is -0.383 e. The Labute approximate surface area is 187 Å². The molecule has 0 aliphatic rings. The molecule has 0 aliphatic heterocycles. The average Bonchev–Trinajstić information content (AvgIpc) is 2.71. The Morgan fingerprint density at radius 2 is 1.78 bits per heavy atom. The number of aromatic nitrogens is 2. The van der Waals surface area contributed by atoms with E-state index in [-0.39, 0.29) is 28.5 Å². The van der Waals surface area contributed by atoms with Gasteiger partial charge in [-0.3, -0.25) is 19.1 Å². The number of nitrogens with two attached hydrogens (primary N) is 1. The number of benzene rings is 1. The summed E-state index contributed by atoms with van der Waals surface area (Å²) in [5, 5.41) is 0. The van der Waals surface area contributed by atoms with Crippen LogP contribution in [-0.4, -0.2) is 48.8 Å². The van der Waals surface area contributed by atoms with Crippen LogP contribution in [0.3, 0.4) is 0 Å². The molecule has 0 saturated heterocycles. The largest absolute Gasteiger partial charge is 0.383 e. The Morgan fingerprint density at radius 1 is 1.16 bits per heavy atom. The standard InChI is InChI=1S/C21H31N5O5S/c1-7-9-10-26-18(22)17(19(27)23-21(26)29)25(8-2)20(28)15-11-13(3)14(4)16(12-15)32(30,31)24(5)6/h11-12H,7-10,22H2,1-6H3,(H,23,27,29). The van der Waals surface area contributed by atoms with Gasteiger partial charge >= 0.3 is 5.69 Å². The van der Waals surface area contributed by atoms with Gasteiger partial charge in [0.2, 0.25) is 10.0 Å². The number of nitrogens with one attached hydrogen (secondary N) is 1. The minimum absolute atomic E-state index is 0.0108. The van der Waals surface area contributed by atoms with Gasteiger partial charge < -0.3 is 10.6 Å². The number of sulfonamides is 1. The lowest BCUT2D eigenvalue weighted by Gasteiger charge is -2.24. The molecule has 0 spiro atoms. The molecule has 1 amide bonds. The first kappa shape index (κ1) is 25.3. The molecule has 0 saturated carbocycles. The molecule has 1 aromatic carbocycles. The third kappa shape index (κ3) is 4.63. The van der Waals surface area contributed by atoms with Crippen molar-refractivity contribution in [1.29, 1.82) is 0 Å². The summed E-state index contributed by atoms with van der Waals surface area (Å²) in [4.78, 5) is 41.7. The molecule has 10 nitrogen and oxygen atoms in total. The molecule has 1 aromatic heterocycles. The highest BCUT2D eigenvalue weighted by atomic mass is 32.2. The number of H-pyrrole nitrogens is 1. The van der Waals surface area contributed by atoms with Gasteiger partial charge in [-0.05, 0) is 50.5 Å². The molecule has 1 heterocycles. The molecule has 176 valence electrons. The van der Waals surface area contributed by atoms with E-state index in [0.717, 1.165) is 15.6 Å². The van der Waals surface area contributed by atoms with E-state index >= 15 is 0 Å². The number of amides is 1. The van der Waals surface area contributed by atoms with Gasteiger partial charge in [0.15, 0.2) is 5.69 Å².